The van der Waals surface area contributed by atoms with E-state index in [2.05, 4.69) is 194 Å². The van der Waals surface area contributed by atoms with Crippen LogP contribution in [0.25, 0.3) is 130 Å². The third-order valence-electron chi connectivity index (χ3n) is 12.2. The van der Waals surface area contributed by atoms with Gasteiger partial charge in [0.15, 0.2) is 0 Å². The maximum absolute atomic E-state index is 6.74. The third kappa shape index (κ3) is 4.86. The van der Waals surface area contributed by atoms with Gasteiger partial charge in [0.25, 0.3) is 0 Å². The van der Waals surface area contributed by atoms with Crippen LogP contribution in [-0.4, -0.2) is 0 Å². The second-order valence-corrected chi connectivity index (χ2v) is 16.6. The normalized spacial score (nSPS) is 12.1. The Labute approximate surface area is 342 Å². The summed E-state index contributed by atoms with van der Waals surface area (Å²) < 4.78 is 15.8. The number of hydrogen-bond acceptors (Lipinski definition) is 3. The van der Waals surface area contributed by atoms with E-state index in [1.54, 1.807) is 0 Å². The predicted molar refractivity (Wildman–Crippen MR) is 251 cm³/mol. The fourth-order valence-electron chi connectivity index (χ4n) is 9.61. The van der Waals surface area contributed by atoms with Gasteiger partial charge in [-0.3, -0.25) is 0 Å². The van der Waals surface area contributed by atoms with E-state index in [4.69, 9.17) is 8.83 Å². The highest BCUT2D eigenvalue weighted by atomic mass is 32.1. The Kier molecular flexibility index (Phi) is 6.92. The summed E-state index contributed by atoms with van der Waals surface area (Å²) in [5, 5.41) is 13.3. The van der Waals surface area contributed by atoms with Gasteiger partial charge >= 0.3 is 0 Å². The third-order valence-corrected chi connectivity index (χ3v) is 13.4. The molecule has 0 unspecified atom stereocenters. The molecule has 0 amide bonds. The van der Waals surface area contributed by atoms with Crippen LogP contribution in [0.4, 0.5) is 0 Å². The maximum Gasteiger partial charge on any atom is 0.143 e. The largest absolute Gasteiger partial charge is 0.456 e. The number of hydrogen-bond donors (Lipinski definition) is 0. The summed E-state index contributed by atoms with van der Waals surface area (Å²) >= 11 is 1.85. The van der Waals surface area contributed by atoms with E-state index in [1.807, 2.05) is 11.3 Å². The molecule has 0 spiro atoms. The first-order valence-corrected chi connectivity index (χ1v) is 20.9. The van der Waals surface area contributed by atoms with E-state index in [9.17, 15) is 0 Å². The Morgan fingerprint density at radius 2 is 0.864 bits per heavy atom. The Hall–Kier alpha value is -7.46. The van der Waals surface area contributed by atoms with E-state index in [1.165, 1.54) is 74.6 Å². The summed E-state index contributed by atoms with van der Waals surface area (Å²) in [6.07, 6.45) is 0. The molecule has 13 rings (SSSR count). The van der Waals surface area contributed by atoms with Gasteiger partial charge in [0.2, 0.25) is 0 Å². The summed E-state index contributed by atoms with van der Waals surface area (Å²) in [6, 6.07) is 70.1. The molecule has 10 aromatic carbocycles. The number of furan rings is 2. The van der Waals surface area contributed by atoms with Crippen molar-refractivity contribution in [3.8, 4) is 44.7 Å². The zero-order valence-electron chi connectivity index (χ0n) is 31.7. The van der Waals surface area contributed by atoms with Crippen LogP contribution in [0.1, 0.15) is 0 Å². The number of thiophene rings is 1. The molecule has 274 valence electrons. The second kappa shape index (κ2) is 12.5. The molecule has 13 aromatic rings. The smallest absolute Gasteiger partial charge is 0.143 e. The fourth-order valence-corrected chi connectivity index (χ4v) is 10.8. The molecular weight excluding hydrogens is 737 g/mol. The van der Waals surface area contributed by atoms with Crippen LogP contribution in [0, 0.1) is 0 Å². The Morgan fingerprint density at radius 1 is 0.305 bits per heavy atom. The summed E-state index contributed by atoms with van der Waals surface area (Å²) in [5.41, 5.74) is 10.9. The SMILES string of the molecule is c1ccc(-c2oc3ccc4c5cc(-c6c7ccccc7c(-c7ccc8c(c7)oc7cc9ccccc9cc78)c7ccccc67)ccc5sc4c3c2-c2ccccc2)cc1. The average molecular weight is 769 g/mol. The van der Waals surface area contributed by atoms with Crippen LogP contribution in [0.15, 0.2) is 203 Å². The number of benzene rings is 10. The topological polar surface area (TPSA) is 26.3 Å². The Bertz CT molecular complexity index is 3770. The van der Waals surface area contributed by atoms with Crippen molar-refractivity contribution in [2.75, 3.05) is 0 Å². The van der Waals surface area contributed by atoms with Crippen LogP contribution in [-0.2, 0) is 0 Å². The molecule has 0 atom stereocenters. The lowest BCUT2D eigenvalue weighted by molar-refractivity contribution is 0.632. The molecule has 3 aromatic heterocycles. The van der Waals surface area contributed by atoms with E-state index < -0.39 is 0 Å². The molecule has 0 saturated carbocycles. The lowest BCUT2D eigenvalue weighted by Gasteiger charge is -2.18. The van der Waals surface area contributed by atoms with Crippen molar-refractivity contribution in [3.63, 3.8) is 0 Å². The van der Waals surface area contributed by atoms with E-state index >= 15 is 0 Å². The summed E-state index contributed by atoms with van der Waals surface area (Å²) in [4.78, 5) is 0. The van der Waals surface area contributed by atoms with Crippen molar-refractivity contribution in [1.82, 2.24) is 0 Å². The van der Waals surface area contributed by atoms with Crippen molar-refractivity contribution in [2.24, 2.45) is 0 Å². The summed E-state index contributed by atoms with van der Waals surface area (Å²) in [7, 11) is 0. The first kappa shape index (κ1) is 32.6. The van der Waals surface area contributed by atoms with Gasteiger partial charge in [-0.2, -0.15) is 0 Å². The number of fused-ring (bicyclic) bond motifs is 11. The van der Waals surface area contributed by atoms with Crippen LogP contribution in [0.2, 0.25) is 0 Å². The Morgan fingerprint density at radius 3 is 1.56 bits per heavy atom. The highest BCUT2D eigenvalue weighted by Crippen LogP contribution is 2.50. The monoisotopic (exact) mass is 768 g/mol. The highest BCUT2D eigenvalue weighted by molar-refractivity contribution is 7.26. The minimum Gasteiger partial charge on any atom is -0.456 e. The zero-order chi connectivity index (χ0) is 38.6. The molecule has 0 aliphatic carbocycles. The summed E-state index contributed by atoms with van der Waals surface area (Å²) in [5.74, 6) is 0.906. The maximum atomic E-state index is 6.74. The molecule has 2 nitrogen and oxygen atoms in total. The molecule has 0 radical (unpaired) electrons. The Balaban J connectivity index is 1.03. The van der Waals surface area contributed by atoms with Gasteiger partial charge in [-0.1, -0.05) is 146 Å². The van der Waals surface area contributed by atoms with Gasteiger partial charge in [0.1, 0.15) is 22.5 Å². The van der Waals surface area contributed by atoms with Crippen molar-refractivity contribution >= 4 is 96.7 Å². The molecule has 0 saturated heterocycles. The molecule has 0 bridgehead atoms. The van der Waals surface area contributed by atoms with Crippen LogP contribution >= 0.6 is 11.3 Å². The van der Waals surface area contributed by atoms with Gasteiger partial charge in [-0.05, 0) is 109 Å². The van der Waals surface area contributed by atoms with E-state index in [-0.39, 0.29) is 0 Å². The van der Waals surface area contributed by atoms with Crippen LogP contribution < -0.4 is 0 Å². The second-order valence-electron chi connectivity index (χ2n) is 15.5. The molecule has 0 N–H and O–H groups in total. The quantitative estimate of drug-likeness (QED) is 0.167. The van der Waals surface area contributed by atoms with Crippen LogP contribution in [0.3, 0.4) is 0 Å². The molecule has 0 aliphatic rings. The van der Waals surface area contributed by atoms with Crippen LogP contribution in [0.5, 0.6) is 0 Å². The first-order valence-electron chi connectivity index (χ1n) is 20.1. The van der Waals surface area contributed by atoms with Gasteiger partial charge < -0.3 is 8.83 Å². The standard InChI is InChI=1S/C56H32O2S/c1-3-13-33(14-4-1)53-54-47(58-55(53)34-15-5-2-6-16-34)27-26-44-46-30-37(24-28-50(46)59-56(44)54)51-40-19-9-11-21-42(40)52(43-22-12-10-20-41(43)51)38-23-25-39-45-29-35-17-7-8-18-36(35)31-49(45)57-48(39)32-38/h1-32H. The van der Waals surface area contributed by atoms with Crippen molar-refractivity contribution in [2.45, 2.75) is 0 Å². The molecular formula is C56H32O2S. The molecule has 0 fully saturated rings. The summed E-state index contributed by atoms with van der Waals surface area (Å²) in [6.45, 7) is 0. The number of rotatable bonds is 4. The van der Waals surface area contributed by atoms with Gasteiger partial charge in [0, 0.05) is 47.5 Å². The minimum absolute atomic E-state index is 0.901. The molecule has 3 heteroatoms. The predicted octanol–water partition coefficient (Wildman–Crippen LogP) is 16.8. The van der Waals surface area contributed by atoms with Crippen molar-refractivity contribution < 1.29 is 8.83 Å². The van der Waals surface area contributed by atoms with E-state index in [0.29, 0.717) is 0 Å². The lowest BCUT2D eigenvalue weighted by atomic mass is 9.85. The highest BCUT2D eigenvalue weighted by Gasteiger charge is 2.23. The van der Waals surface area contributed by atoms with Gasteiger partial charge in [-0.25, -0.2) is 0 Å². The van der Waals surface area contributed by atoms with E-state index in [0.717, 1.165) is 55.5 Å². The molecule has 0 aliphatic heterocycles. The van der Waals surface area contributed by atoms with Gasteiger partial charge in [0.05, 0.1) is 0 Å². The van der Waals surface area contributed by atoms with Crippen molar-refractivity contribution in [3.05, 3.63) is 194 Å². The van der Waals surface area contributed by atoms with Crippen molar-refractivity contribution in [1.29, 1.82) is 0 Å². The minimum atomic E-state index is 0.901. The molecule has 59 heavy (non-hydrogen) atoms. The first-order chi connectivity index (χ1) is 29.2. The molecule has 3 heterocycles. The van der Waals surface area contributed by atoms with Gasteiger partial charge in [-0.15, -0.1) is 11.3 Å². The average Bonchev–Trinajstić information content (AvgIpc) is 3.98. The zero-order valence-corrected chi connectivity index (χ0v) is 32.5. The fraction of sp³-hybridized carbons (Fsp3) is 0. The lowest BCUT2D eigenvalue weighted by Crippen LogP contribution is -1.90.